The molecule has 2 aromatic rings. The normalized spacial score (nSPS) is 15.8. The molecule has 0 radical (unpaired) electrons. The highest BCUT2D eigenvalue weighted by Gasteiger charge is 2.26. The van der Waals surface area contributed by atoms with Crippen LogP contribution in [0.1, 0.15) is 20.8 Å². The summed E-state index contributed by atoms with van der Waals surface area (Å²) in [5.41, 5.74) is 1.86. The van der Waals surface area contributed by atoms with Crippen LogP contribution in [0.4, 0.5) is 10.5 Å². The van der Waals surface area contributed by atoms with Gasteiger partial charge in [0.2, 0.25) is 0 Å². The van der Waals surface area contributed by atoms with E-state index < -0.39 is 5.60 Å². The minimum atomic E-state index is -0.482. The minimum absolute atomic E-state index is 0.272. The van der Waals surface area contributed by atoms with Gasteiger partial charge in [-0.25, -0.2) is 9.59 Å². The Hall–Kier alpha value is -2.44. The zero-order valence-corrected chi connectivity index (χ0v) is 14.5. The highest BCUT2D eigenvalue weighted by molar-refractivity contribution is 5.78. The first-order chi connectivity index (χ1) is 11.2. The van der Waals surface area contributed by atoms with E-state index in [2.05, 4.69) is 4.90 Å². The molecule has 24 heavy (non-hydrogen) atoms. The lowest BCUT2D eigenvalue weighted by Gasteiger charge is -2.36. The lowest BCUT2D eigenvalue weighted by atomic mass is 10.2. The van der Waals surface area contributed by atoms with Crippen molar-refractivity contribution in [3.8, 4) is 0 Å². The third-order valence-corrected chi connectivity index (χ3v) is 4.07. The van der Waals surface area contributed by atoms with Gasteiger partial charge in [0.25, 0.3) is 0 Å². The van der Waals surface area contributed by atoms with E-state index in [0.717, 1.165) is 11.2 Å². The molecule has 1 aliphatic heterocycles. The number of carbonyl (C=O) groups excluding carboxylic acids is 1. The fraction of sp³-hybridized carbons (Fsp3) is 0.529. The maximum Gasteiger partial charge on any atom is 0.419 e. The summed E-state index contributed by atoms with van der Waals surface area (Å²) in [5, 5.41) is 0. The van der Waals surface area contributed by atoms with Crippen LogP contribution in [-0.4, -0.2) is 47.3 Å². The molecule has 0 aliphatic carbocycles. The molecule has 0 N–H and O–H groups in total. The summed E-state index contributed by atoms with van der Waals surface area (Å²) in [6.45, 7) is 8.22. The minimum Gasteiger partial charge on any atom is -0.444 e. The summed E-state index contributed by atoms with van der Waals surface area (Å²) in [7, 11) is 1.69. The van der Waals surface area contributed by atoms with Crippen LogP contribution in [0.15, 0.2) is 27.4 Å². The van der Waals surface area contributed by atoms with Crippen LogP contribution in [0.5, 0.6) is 0 Å². The second kappa shape index (κ2) is 5.89. The van der Waals surface area contributed by atoms with Crippen LogP contribution in [0.3, 0.4) is 0 Å². The van der Waals surface area contributed by atoms with Crippen molar-refractivity contribution in [3.05, 3.63) is 28.7 Å². The van der Waals surface area contributed by atoms with Crippen LogP contribution in [-0.2, 0) is 11.8 Å². The Morgan fingerprint density at radius 2 is 1.83 bits per heavy atom. The van der Waals surface area contributed by atoms with Crippen LogP contribution < -0.4 is 10.7 Å². The molecule has 1 aromatic heterocycles. The maximum absolute atomic E-state index is 12.1. The van der Waals surface area contributed by atoms with Gasteiger partial charge in [-0.15, -0.1) is 0 Å². The molecule has 0 unspecified atom stereocenters. The molecule has 1 fully saturated rings. The number of oxazole rings is 1. The molecule has 7 heteroatoms. The van der Waals surface area contributed by atoms with Gasteiger partial charge < -0.3 is 19.0 Å². The van der Waals surface area contributed by atoms with Gasteiger partial charge in [0.15, 0.2) is 5.58 Å². The molecule has 0 spiro atoms. The van der Waals surface area contributed by atoms with Crippen LogP contribution >= 0.6 is 0 Å². The zero-order chi connectivity index (χ0) is 17.5. The first-order valence-electron chi connectivity index (χ1n) is 8.07. The highest BCUT2D eigenvalue weighted by atomic mass is 16.6. The number of ether oxygens (including phenoxy) is 1. The third-order valence-electron chi connectivity index (χ3n) is 4.07. The summed E-state index contributed by atoms with van der Waals surface area (Å²) in [6, 6.07) is 5.73. The van der Waals surface area contributed by atoms with E-state index in [1.807, 2.05) is 39.0 Å². The van der Waals surface area contributed by atoms with E-state index in [9.17, 15) is 9.59 Å². The fourth-order valence-corrected chi connectivity index (χ4v) is 2.79. The first kappa shape index (κ1) is 16.4. The second-order valence-corrected chi connectivity index (χ2v) is 7.03. The third kappa shape index (κ3) is 3.25. The van der Waals surface area contributed by atoms with E-state index in [1.54, 1.807) is 11.9 Å². The molecular weight excluding hydrogens is 310 g/mol. The van der Waals surface area contributed by atoms with Crippen molar-refractivity contribution >= 4 is 22.9 Å². The van der Waals surface area contributed by atoms with Crippen molar-refractivity contribution in [2.24, 2.45) is 7.05 Å². The van der Waals surface area contributed by atoms with Gasteiger partial charge in [0.1, 0.15) is 5.60 Å². The summed E-state index contributed by atoms with van der Waals surface area (Å²) < 4.78 is 12.1. The lowest BCUT2D eigenvalue weighted by molar-refractivity contribution is 0.0240. The van der Waals surface area contributed by atoms with Gasteiger partial charge in [0, 0.05) is 45.0 Å². The summed E-state index contributed by atoms with van der Waals surface area (Å²) in [4.78, 5) is 27.6. The Morgan fingerprint density at radius 1 is 1.17 bits per heavy atom. The topological polar surface area (TPSA) is 67.9 Å². The molecule has 0 bridgehead atoms. The Morgan fingerprint density at radius 3 is 2.46 bits per heavy atom. The summed E-state index contributed by atoms with van der Waals surface area (Å²) in [5.74, 6) is -0.364. The Bertz CT molecular complexity index is 807. The van der Waals surface area contributed by atoms with Gasteiger partial charge in [0.05, 0.1) is 5.52 Å². The SMILES string of the molecule is Cn1c(=O)oc2cc(N3CCN(C(=O)OC(C)(C)C)CC3)ccc21. The number of piperazine rings is 1. The second-order valence-electron chi connectivity index (χ2n) is 7.03. The van der Waals surface area contributed by atoms with Crippen molar-refractivity contribution in [1.29, 1.82) is 0 Å². The number of amides is 1. The average molecular weight is 333 g/mol. The van der Waals surface area contributed by atoms with Crippen LogP contribution in [0.2, 0.25) is 0 Å². The fourth-order valence-electron chi connectivity index (χ4n) is 2.79. The Labute approximate surface area is 140 Å². The molecule has 2 heterocycles. The summed E-state index contributed by atoms with van der Waals surface area (Å²) in [6.07, 6.45) is -0.272. The Balaban J connectivity index is 1.68. The van der Waals surface area contributed by atoms with E-state index in [-0.39, 0.29) is 11.8 Å². The number of aryl methyl sites for hydroxylation is 1. The molecule has 1 amide bonds. The number of fused-ring (bicyclic) bond motifs is 1. The van der Waals surface area contributed by atoms with E-state index in [0.29, 0.717) is 31.8 Å². The number of benzene rings is 1. The van der Waals surface area contributed by atoms with Gasteiger partial charge in [-0.3, -0.25) is 4.57 Å². The van der Waals surface area contributed by atoms with Crippen LogP contribution in [0.25, 0.3) is 11.1 Å². The first-order valence-corrected chi connectivity index (χ1v) is 8.07. The van der Waals surface area contributed by atoms with Gasteiger partial charge in [-0.2, -0.15) is 0 Å². The number of hydrogen-bond donors (Lipinski definition) is 0. The maximum atomic E-state index is 12.1. The molecule has 130 valence electrons. The van der Waals surface area contributed by atoms with E-state index >= 15 is 0 Å². The van der Waals surface area contributed by atoms with Crippen LogP contribution in [0, 0.1) is 0 Å². The number of nitrogens with zero attached hydrogens (tertiary/aromatic N) is 3. The number of hydrogen-bond acceptors (Lipinski definition) is 5. The average Bonchev–Trinajstić information content (AvgIpc) is 2.80. The number of carbonyl (C=O) groups is 1. The standard InChI is InChI=1S/C17H23N3O4/c1-17(2,3)24-16(22)20-9-7-19(8-10-20)12-5-6-13-14(11-12)23-15(21)18(13)4/h5-6,11H,7-10H2,1-4H3. The molecule has 7 nitrogen and oxygen atoms in total. The molecule has 1 aliphatic rings. The number of aromatic nitrogens is 1. The van der Waals surface area contributed by atoms with Gasteiger partial charge >= 0.3 is 11.8 Å². The van der Waals surface area contributed by atoms with Crippen molar-refractivity contribution in [3.63, 3.8) is 0 Å². The largest absolute Gasteiger partial charge is 0.444 e. The van der Waals surface area contributed by atoms with Crippen molar-refractivity contribution in [2.45, 2.75) is 26.4 Å². The van der Waals surface area contributed by atoms with Gasteiger partial charge in [-0.1, -0.05) is 0 Å². The van der Waals surface area contributed by atoms with Gasteiger partial charge in [-0.05, 0) is 32.9 Å². The molecule has 1 aromatic carbocycles. The predicted octanol–water partition coefficient (Wildman–Crippen LogP) is 2.19. The van der Waals surface area contributed by atoms with E-state index in [1.165, 1.54) is 4.57 Å². The molecule has 0 saturated carbocycles. The monoisotopic (exact) mass is 333 g/mol. The lowest BCUT2D eigenvalue weighted by Crippen LogP contribution is -2.50. The molecule has 0 atom stereocenters. The smallest absolute Gasteiger partial charge is 0.419 e. The number of anilines is 1. The van der Waals surface area contributed by atoms with Crippen molar-refractivity contribution < 1.29 is 13.9 Å². The molecule has 1 saturated heterocycles. The highest BCUT2D eigenvalue weighted by Crippen LogP contribution is 2.23. The Kier molecular flexibility index (Phi) is 4.03. The quantitative estimate of drug-likeness (QED) is 0.800. The molecular formula is C17H23N3O4. The number of rotatable bonds is 1. The van der Waals surface area contributed by atoms with Crippen molar-refractivity contribution in [1.82, 2.24) is 9.47 Å². The zero-order valence-electron chi connectivity index (χ0n) is 14.5. The van der Waals surface area contributed by atoms with Crippen molar-refractivity contribution in [2.75, 3.05) is 31.1 Å². The summed E-state index contributed by atoms with van der Waals surface area (Å²) >= 11 is 0. The molecule has 3 rings (SSSR count). The van der Waals surface area contributed by atoms with E-state index in [4.69, 9.17) is 9.15 Å². The predicted molar refractivity (Wildman–Crippen MR) is 91.5 cm³/mol.